The van der Waals surface area contributed by atoms with Crippen LogP contribution >= 0.6 is 0 Å². The fourth-order valence-corrected chi connectivity index (χ4v) is 2.68. The highest BCUT2D eigenvalue weighted by molar-refractivity contribution is 5.99. The molecule has 1 aliphatic rings. The van der Waals surface area contributed by atoms with Gasteiger partial charge in [-0.2, -0.15) is 0 Å². The molecule has 20 heavy (non-hydrogen) atoms. The summed E-state index contributed by atoms with van der Waals surface area (Å²) in [5, 5.41) is 0. The summed E-state index contributed by atoms with van der Waals surface area (Å²) in [5.74, 6) is 1.90. The smallest absolute Gasteiger partial charge is 0.166 e. The monoisotopic (exact) mass is 274 g/mol. The maximum atomic E-state index is 12.5. The van der Waals surface area contributed by atoms with Crippen molar-refractivity contribution in [3.8, 4) is 5.75 Å². The van der Waals surface area contributed by atoms with Gasteiger partial charge in [-0.3, -0.25) is 4.79 Å². The van der Waals surface area contributed by atoms with Gasteiger partial charge in [-0.05, 0) is 48.3 Å². The molecule has 0 amide bonds. The van der Waals surface area contributed by atoms with Crippen LogP contribution in [0.3, 0.4) is 0 Å². The van der Waals surface area contributed by atoms with Crippen LogP contribution < -0.4 is 4.74 Å². The van der Waals surface area contributed by atoms with Crippen LogP contribution in [0.1, 0.15) is 74.4 Å². The zero-order chi connectivity index (χ0) is 14.7. The van der Waals surface area contributed by atoms with Crippen molar-refractivity contribution in [3.63, 3.8) is 0 Å². The number of aryl methyl sites for hydroxylation is 1. The Hall–Kier alpha value is -1.31. The van der Waals surface area contributed by atoms with Gasteiger partial charge in [-0.25, -0.2) is 0 Å². The highest BCUT2D eigenvalue weighted by Crippen LogP contribution is 2.33. The third-order valence-electron chi connectivity index (χ3n) is 3.84. The summed E-state index contributed by atoms with van der Waals surface area (Å²) in [6.45, 7) is 9.26. The van der Waals surface area contributed by atoms with Gasteiger partial charge in [0.15, 0.2) is 5.78 Å². The van der Waals surface area contributed by atoms with E-state index in [0.29, 0.717) is 18.3 Å². The van der Waals surface area contributed by atoms with E-state index in [1.807, 2.05) is 0 Å². The Bertz CT molecular complexity index is 486. The number of ketones is 1. The Morgan fingerprint density at radius 1 is 1.20 bits per heavy atom. The predicted octanol–water partition coefficient (Wildman–Crippen LogP) is 4.75. The van der Waals surface area contributed by atoms with Crippen molar-refractivity contribution in [2.75, 3.05) is 6.61 Å². The third kappa shape index (κ3) is 3.41. The summed E-state index contributed by atoms with van der Waals surface area (Å²) in [6, 6.07) is 4.29. The quantitative estimate of drug-likeness (QED) is 0.740. The molecule has 0 saturated heterocycles. The number of benzene rings is 1. The van der Waals surface area contributed by atoms with E-state index in [9.17, 15) is 4.79 Å². The second-order valence-electron chi connectivity index (χ2n) is 6.54. The summed E-state index contributed by atoms with van der Waals surface area (Å²) in [6.07, 6.45) is 3.84. The van der Waals surface area contributed by atoms with Gasteiger partial charge < -0.3 is 4.74 Å². The van der Waals surface area contributed by atoms with Crippen LogP contribution in [-0.4, -0.2) is 12.4 Å². The normalized spacial score (nSPS) is 14.9. The maximum absolute atomic E-state index is 12.5. The molecule has 2 rings (SSSR count). The van der Waals surface area contributed by atoms with Crippen LogP contribution in [0.15, 0.2) is 12.1 Å². The summed E-state index contributed by atoms with van der Waals surface area (Å²) in [5.41, 5.74) is 3.28. The maximum Gasteiger partial charge on any atom is 0.166 e. The number of rotatable bonds is 4. The Balaban J connectivity index is 2.46. The van der Waals surface area contributed by atoms with E-state index < -0.39 is 0 Å². The highest BCUT2D eigenvalue weighted by atomic mass is 16.5. The van der Waals surface area contributed by atoms with E-state index in [4.69, 9.17) is 4.74 Å². The zero-order valence-electron chi connectivity index (χ0n) is 13.2. The molecule has 0 fully saturated rings. The standard InChI is InChI=1S/C18H26O2/c1-12(2)9-17(19)16-11-15(13(3)4)10-14-7-5-6-8-20-18(14)16/h10-13H,5-9H2,1-4H3. The van der Waals surface area contributed by atoms with Crippen LogP contribution in [0.2, 0.25) is 0 Å². The number of Topliss-reactive ketones (excluding diaryl/α,β-unsaturated/α-hetero) is 1. The molecule has 1 heterocycles. The van der Waals surface area contributed by atoms with Crippen molar-refractivity contribution < 1.29 is 9.53 Å². The summed E-state index contributed by atoms with van der Waals surface area (Å²) in [7, 11) is 0. The Morgan fingerprint density at radius 2 is 1.95 bits per heavy atom. The van der Waals surface area contributed by atoms with Crippen molar-refractivity contribution in [2.45, 2.75) is 59.3 Å². The number of ether oxygens (including phenoxy) is 1. The van der Waals surface area contributed by atoms with Crippen LogP contribution in [0.4, 0.5) is 0 Å². The van der Waals surface area contributed by atoms with Gasteiger partial charge >= 0.3 is 0 Å². The van der Waals surface area contributed by atoms with Crippen molar-refractivity contribution in [3.05, 3.63) is 28.8 Å². The molecule has 1 aromatic carbocycles. The summed E-state index contributed by atoms with van der Waals surface area (Å²) < 4.78 is 5.90. The van der Waals surface area contributed by atoms with Crippen molar-refractivity contribution in [1.82, 2.24) is 0 Å². The highest BCUT2D eigenvalue weighted by Gasteiger charge is 2.21. The van der Waals surface area contributed by atoms with Gasteiger partial charge in [-0.15, -0.1) is 0 Å². The largest absolute Gasteiger partial charge is 0.493 e. The second kappa shape index (κ2) is 6.43. The minimum absolute atomic E-state index is 0.223. The van der Waals surface area contributed by atoms with Gasteiger partial charge in [0.25, 0.3) is 0 Å². The number of hydrogen-bond acceptors (Lipinski definition) is 2. The molecule has 0 saturated carbocycles. The molecule has 0 radical (unpaired) electrons. The van der Waals surface area contributed by atoms with E-state index in [-0.39, 0.29) is 5.78 Å². The van der Waals surface area contributed by atoms with E-state index >= 15 is 0 Å². The van der Waals surface area contributed by atoms with Gasteiger partial charge in [0.05, 0.1) is 12.2 Å². The van der Waals surface area contributed by atoms with Crippen LogP contribution in [0.5, 0.6) is 5.75 Å². The van der Waals surface area contributed by atoms with E-state index in [1.165, 1.54) is 11.1 Å². The molecule has 2 nitrogen and oxygen atoms in total. The minimum atomic E-state index is 0.223. The average molecular weight is 274 g/mol. The first-order valence-electron chi connectivity index (χ1n) is 7.82. The first-order valence-corrected chi connectivity index (χ1v) is 7.82. The van der Waals surface area contributed by atoms with Gasteiger partial charge in [0, 0.05) is 6.42 Å². The molecular weight excluding hydrogens is 248 g/mol. The molecule has 0 spiro atoms. The Labute approximate surface area is 122 Å². The van der Waals surface area contributed by atoms with Crippen molar-refractivity contribution in [2.24, 2.45) is 5.92 Å². The third-order valence-corrected chi connectivity index (χ3v) is 3.84. The summed E-state index contributed by atoms with van der Waals surface area (Å²) in [4.78, 5) is 12.5. The SMILES string of the molecule is CC(C)CC(=O)c1cc(C(C)C)cc2c1OCCCC2. The van der Waals surface area contributed by atoms with Gasteiger partial charge in [0.1, 0.15) is 5.75 Å². The number of hydrogen-bond donors (Lipinski definition) is 0. The molecule has 1 aromatic rings. The van der Waals surface area contributed by atoms with Crippen LogP contribution in [0.25, 0.3) is 0 Å². The lowest BCUT2D eigenvalue weighted by molar-refractivity contribution is 0.0963. The minimum Gasteiger partial charge on any atom is -0.493 e. The lowest BCUT2D eigenvalue weighted by atomic mass is 9.91. The van der Waals surface area contributed by atoms with Crippen LogP contribution in [0, 0.1) is 5.92 Å². The molecule has 0 bridgehead atoms. The molecule has 0 atom stereocenters. The lowest BCUT2D eigenvalue weighted by Gasteiger charge is -2.17. The predicted molar refractivity (Wildman–Crippen MR) is 82.7 cm³/mol. The lowest BCUT2D eigenvalue weighted by Crippen LogP contribution is -2.09. The molecule has 0 aromatic heterocycles. The van der Waals surface area contributed by atoms with Gasteiger partial charge in [-0.1, -0.05) is 33.8 Å². The molecule has 0 aliphatic carbocycles. The van der Waals surface area contributed by atoms with Gasteiger partial charge in [0.2, 0.25) is 0 Å². The Morgan fingerprint density at radius 3 is 2.60 bits per heavy atom. The fraction of sp³-hybridized carbons (Fsp3) is 0.611. The molecule has 0 N–H and O–H groups in total. The van der Waals surface area contributed by atoms with Crippen LogP contribution in [-0.2, 0) is 6.42 Å². The van der Waals surface area contributed by atoms with E-state index in [1.54, 1.807) is 0 Å². The topological polar surface area (TPSA) is 26.3 Å². The molecule has 110 valence electrons. The van der Waals surface area contributed by atoms with Crippen molar-refractivity contribution in [1.29, 1.82) is 0 Å². The van der Waals surface area contributed by atoms with E-state index in [0.717, 1.165) is 37.2 Å². The molecule has 0 unspecified atom stereocenters. The second-order valence-corrected chi connectivity index (χ2v) is 6.54. The zero-order valence-corrected chi connectivity index (χ0v) is 13.2. The Kier molecular flexibility index (Phi) is 4.85. The number of carbonyl (C=O) groups excluding carboxylic acids is 1. The van der Waals surface area contributed by atoms with Crippen molar-refractivity contribution >= 4 is 5.78 Å². The average Bonchev–Trinajstić information content (AvgIpc) is 2.61. The number of carbonyl (C=O) groups is 1. The van der Waals surface area contributed by atoms with E-state index in [2.05, 4.69) is 39.8 Å². The fourth-order valence-electron chi connectivity index (χ4n) is 2.68. The molecule has 1 aliphatic heterocycles. The number of fused-ring (bicyclic) bond motifs is 1. The first-order chi connectivity index (χ1) is 9.49. The first kappa shape index (κ1) is 15.1. The molecular formula is C18H26O2. The molecule has 2 heteroatoms. The summed E-state index contributed by atoms with van der Waals surface area (Å²) >= 11 is 0.